The lowest BCUT2D eigenvalue weighted by atomic mass is 10.1. The minimum absolute atomic E-state index is 0.00614. The van der Waals surface area contributed by atoms with E-state index in [9.17, 15) is 10.2 Å². The molecule has 1 unspecified atom stereocenters. The molecule has 0 fully saturated rings. The molecule has 0 saturated heterocycles. The van der Waals surface area contributed by atoms with Crippen LogP contribution >= 0.6 is 0 Å². The first-order valence-corrected chi connectivity index (χ1v) is 4.00. The Morgan fingerprint density at radius 3 is 2.71 bits per heavy atom. The molecular formula is C9H12O5. The second-order valence-corrected chi connectivity index (χ2v) is 2.74. The van der Waals surface area contributed by atoms with Crippen molar-refractivity contribution < 1.29 is 25.1 Å². The summed E-state index contributed by atoms with van der Waals surface area (Å²) in [4.78, 5) is 3.81. The number of hydrogen-bond donors (Lipinski definition) is 3. The molecule has 0 spiro atoms. The Morgan fingerprint density at radius 2 is 2.14 bits per heavy atom. The topological polar surface area (TPSA) is 79.2 Å². The molecule has 0 radical (unpaired) electrons. The Kier molecular flexibility index (Phi) is 3.70. The molecule has 78 valence electrons. The molecule has 0 aliphatic heterocycles. The highest BCUT2D eigenvalue weighted by Crippen LogP contribution is 2.28. The summed E-state index contributed by atoms with van der Waals surface area (Å²) in [6.45, 7) is -0.228. The lowest BCUT2D eigenvalue weighted by Crippen LogP contribution is -2.05. The zero-order valence-corrected chi connectivity index (χ0v) is 7.67. The first-order valence-electron chi connectivity index (χ1n) is 4.00. The van der Waals surface area contributed by atoms with Gasteiger partial charge in [0.2, 0.25) is 0 Å². The van der Waals surface area contributed by atoms with Crippen molar-refractivity contribution >= 4 is 0 Å². The maximum atomic E-state index is 9.41. The number of benzene rings is 1. The van der Waals surface area contributed by atoms with Crippen molar-refractivity contribution in [2.75, 3.05) is 13.7 Å². The second-order valence-electron chi connectivity index (χ2n) is 2.74. The summed E-state index contributed by atoms with van der Waals surface area (Å²) < 4.78 is 4.85. The Balaban J connectivity index is 2.88. The zero-order valence-electron chi connectivity index (χ0n) is 7.67. The number of methoxy groups -OCH3 is 1. The molecule has 1 atom stereocenters. The zero-order chi connectivity index (χ0) is 10.6. The third kappa shape index (κ3) is 2.35. The predicted octanol–water partition coefficient (Wildman–Crippen LogP) is 0.924. The average molecular weight is 200 g/mol. The van der Waals surface area contributed by atoms with Gasteiger partial charge in [0.1, 0.15) is 12.7 Å². The number of rotatable bonds is 4. The van der Waals surface area contributed by atoms with E-state index in [1.54, 1.807) is 0 Å². The summed E-state index contributed by atoms with van der Waals surface area (Å²) in [5, 5.41) is 26.8. The Labute approximate surface area is 81.1 Å². The molecule has 5 nitrogen and oxygen atoms in total. The Bertz CT molecular complexity index is 299. The molecule has 0 heterocycles. The smallest absolute Gasteiger partial charge is 0.160 e. The van der Waals surface area contributed by atoms with Crippen molar-refractivity contribution in [1.29, 1.82) is 0 Å². The molecular weight excluding hydrogens is 188 g/mol. The first kappa shape index (κ1) is 10.8. The van der Waals surface area contributed by atoms with Gasteiger partial charge in [-0.05, 0) is 17.7 Å². The largest absolute Gasteiger partial charge is 0.504 e. The molecule has 0 aromatic heterocycles. The van der Waals surface area contributed by atoms with E-state index in [1.807, 2.05) is 0 Å². The van der Waals surface area contributed by atoms with Crippen LogP contribution in [-0.2, 0) is 4.89 Å². The third-order valence-corrected chi connectivity index (χ3v) is 1.82. The van der Waals surface area contributed by atoms with Gasteiger partial charge in [0.25, 0.3) is 0 Å². The molecule has 5 heteroatoms. The highest BCUT2D eigenvalue weighted by atomic mass is 17.1. The van der Waals surface area contributed by atoms with E-state index < -0.39 is 6.10 Å². The second kappa shape index (κ2) is 4.80. The number of phenolic OH excluding ortho intramolecular Hbond substituents is 1. The van der Waals surface area contributed by atoms with Gasteiger partial charge in [-0.3, -0.25) is 5.26 Å². The number of aromatic hydroxyl groups is 1. The fraction of sp³-hybridized carbons (Fsp3) is 0.333. The van der Waals surface area contributed by atoms with E-state index in [4.69, 9.17) is 9.99 Å². The summed E-state index contributed by atoms with van der Waals surface area (Å²) in [6.07, 6.45) is -0.950. The molecule has 0 aliphatic rings. The summed E-state index contributed by atoms with van der Waals surface area (Å²) in [6, 6.07) is 4.38. The van der Waals surface area contributed by atoms with Crippen molar-refractivity contribution in [3.05, 3.63) is 23.8 Å². The average Bonchev–Trinajstić information content (AvgIpc) is 2.19. The quantitative estimate of drug-likeness (QED) is 0.497. The van der Waals surface area contributed by atoms with Gasteiger partial charge in [-0.2, -0.15) is 0 Å². The molecule has 0 bridgehead atoms. The van der Waals surface area contributed by atoms with Crippen molar-refractivity contribution in [3.63, 3.8) is 0 Å². The summed E-state index contributed by atoms with van der Waals surface area (Å²) in [5.74, 6) is 0.257. The van der Waals surface area contributed by atoms with Gasteiger partial charge in [0, 0.05) is 0 Å². The maximum Gasteiger partial charge on any atom is 0.160 e. The van der Waals surface area contributed by atoms with Gasteiger partial charge in [0.05, 0.1) is 7.11 Å². The molecule has 1 aromatic carbocycles. The van der Waals surface area contributed by atoms with Gasteiger partial charge < -0.3 is 14.9 Å². The van der Waals surface area contributed by atoms with Crippen LogP contribution in [0.5, 0.6) is 11.5 Å². The minimum atomic E-state index is -0.950. The van der Waals surface area contributed by atoms with Crippen LogP contribution in [0.4, 0.5) is 0 Å². The van der Waals surface area contributed by atoms with E-state index in [-0.39, 0.29) is 18.1 Å². The van der Waals surface area contributed by atoms with Crippen LogP contribution in [0.15, 0.2) is 18.2 Å². The van der Waals surface area contributed by atoms with Crippen LogP contribution in [0.2, 0.25) is 0 Å². The van der Waals surface area contributed by atoms with Crippen molar-refractivity contribution in [1.82, 2.24) is 0 Å². The van der Waals surface area contributed by atoms with E-state index in [1.165, 1.54) is 25.3 Å². The van der Waals surface area contributed by atoms with Gasteiger partial charge in [-0.15, -0.1) is 0 Å². The van der Waals surface area contributed by atoms with Crippen molar-refractivity contribution in [3.8, 4) is 11.5 Å². The van der Waals surface area contributed by atoms with E-state index >= 15 is 0 Å². The van der Waals surface area contributed by atoms with Gasteiger partial charge >= 0.3 is 0 Å². The van der Waals surface area contributed by atoms with Crippen molar-refractivity contribution in [2.45, 2.75) is 6.10 Å². The number of ether oxygens (including phenoxy) is 1. The van der Waals surface area contributed by atoms with Crippen molar-refractivity contribution in [2.24, 2.45) is 0 Å². The lowest BCUT2D eigenvalue weighted by Gasteiger charge is -2.10. The van der Waals surface area contributed by atoms with Crippen LogP contribution in [0, 0.1) is 0 Å². The fourth-order valence-electron chi connectivity index (χ4n) is 1.07. The maximum absolute atomic E-state index is 9.41. The van der Waals surface area contributed by atoms with Crippen LogP contribution in [0.25, 0.3) is 0 Å². The highest BCUT2D eigenvalue weighted by Gasteiger charge is 2.10. The minimum Gasteiger partial charge on any atom is -0.504 e. The lowest BCUT2D eigenvalue weighted by molar-refractivity contribution is -0.257. The van der Waals surface area contributed by atoms with Crippen LogP contribution in [-0.4, -0.2) is 29.2 Å². The molecule has 3 N–H and O–H groups in total. The van der Waals surface area contributed by atoms with Gasteiger partial charge in [-0.1, -0.05) is 6.07 Å². The first-order chi connectivity index (χ1) is 6.69. The van der Waals surface area contributed by atoms with Crippen LogP contribution in [0.1, 0.15) is 11.7 Å². The molecule has 1 rings (SSSR count). The SMILES string of the molecule is COc1cc(C(O)COO)ccc1O. The van der Waals surface area contributed by atoms with Crippen LogP contribution in [0.3, 0.4) is 0 Å². The third-order valence-electron chi connectivity index (χ3n) is 1.82. The predicted molar refractivity (Wildman–Crippen MR) is 48.2 cm³/mol. The van der Waals surface area contributed by atoms with E-state index in [0.717, 1.165) is 0 Å². The van der Waals surface area contributed by atoms with Gasteiger partial charge in [-0.25, -0.2) is 4.89 Å². The Hall–Kier alpha value is -1.30. The molecule has 14 heavy (non-hydrogen) atoms. The standard InChI is InChI=1S/C9H12O5/c1-13-9-4-6(2-3-7(9)10)8(11)5-14-12/h2-4,8,10-12H,5H2,1H3. The Morgan fingerprint density at radius 1 is 1.43 bits per heavy atom. The fourth-order valence-corrected chi connectivity index (χ4v) is 1.07. The van der Waals surface area contributed by atoms with E-state index in [0.29, 0.717) is 5.56 Å². The number of aliphatic hydroxyl groups excluding tert-OH is 1. The molecule has 0 aliphatic carbocycles. The van der Waals surface area contributed by atoms with Crippen LogP contribution < -0.4 is 4.74 Å². The number of phenols is 1. The van der Waals surface area contributed by atoms with Gasteiger partial charge in [0.15, 0.2) is 11.5 Å². The molecule has 0 saturated carbocycles. The normalized spacial score (nSPS) is 12.5. The molecule has 1 aromatic rings. The number of aliphatic hydroxyl groups is 1. The monoisotopic (exact) mass is 200 g/mol. The summed E-state index contributed by atoms with van der Waals surface area (Å²) >= 11 is 0. The number of hydrogen-bond acceptors (Lipinski definition) is 5. The van der Waals surface area contributed by atoms with E-state index in [2.05, 4.69) is 4.89 Å². The summed E-state index contributed by atoms with van der Waals surface area (Å²) in [7, 11) is 1.41. The summed E-state index contributed by atoms with van der Waals surface area (Å²) in [5.41, 5.74) is 0.494. The molecule has 0 amide bonds. The highest BCUT2D eigenvalue weighted by molar-refractivity contribution is 5.42.